The van der Waals surface area contributed by atoms with Crippen molar-refractivity contribution in [3.8, 4) is 5.75 Å². The molecule has 1 aliphatic carbocycles. The van der Waals surface area contributed by atoms with Crippen molar-refractivity contribution in [3.05, 3.63) is 29.8 Å². The van der Waals surface area contributed by atoms with Gasteiger partial charge in [-0.25, -0.2) is 0 Å². The van der Waals surface area contributed by atoms with Gasteiger partial charge in [-0.05, 0) is 43.9 Å². The minimum absolute atomic E-state index is 0.231. The van der Waals surface area contributed by atoms with Crippen molar-refractivity contribution in [2.45, 2.75) is 38.6 Å². The lowest BCUT2D eigenvalue weighted by Crippen LogP contribution is -2.30. The van der Waals surface area contributed by atoms with Gasteiger partial charge in [0.05, 0.1) is 13.0 Å². The molecule has 0 bridgehead atoms. The molecule has 0 amide bonds. The second-order valence-corrected chi connectivity index (χ2v) is 5.43. The molecular weight excluding hydrogens is 254 g/mol. The number of hydrogen-bond acceptors (Lipinski definition) is 3. The molecular formula is C16H23NO3. The number of rotatable bonds is 9. The first kappa shape index (κ1) is 14.9. The zero-order valence-electron chi connectivity index (χ0n) is 12.0. The number of carbonyl (C=O) groups is 1. The first-order valence-electron chi connectivity index (χ1n) is 7.30. The summed E-state index contributed by atoms with van der Waals surface area (Å²) in [5.41, 5.74) is 1.20. The highest BCUT2D eigenvalue weighted by Gasteiger charge is 2.28. The van der Waals surface area contributed by atoms with Crippen molar-refractivity contribution in [1.82, 2.24) is 4.90 Å². The fourth-order valence-corrected chi connectivity index (χ4v) is 2.32. The summed E-state index contributed by atoms with van der Waals surface area (Å²) in [7, 11) is 0. The van der Waals surface area contributed by atoms with Crippen LogP contribution in [0.5, 0.6) is 5.75 Å². The van der Waals surface area contributed by atoms with E-state index < -0.39 is 5.97 Å². The fourth-order valence-electron chi connectivity index (χ4n) is 2.32. The lowest BCUT2D eigenvalue weighted by Gasteiger charge is -2.21. The van der Waals surface area contributed by atoms with E-state index in [0.717, 1.165) is 18.7 Å². The Kier molecular flexibility index (Phi) is 5.41. The lowest BCUT2D eigenvalue weighted by atomic mass is 10.2. The molecule has 1 aromatic carbocycles. The molecule has 2 rings (SSSR count). The maximum Gasteiger partial charge on any atom is 0.304 e. The third kappa shape index (κ3) is 5.21. The van der Waals surface area contributed by atoms with Gasteiger partial charge in [-0.15, -0.1) is 0 Å². The minimum Gasteiger partial charge on any atom is -0.494 e. The summed E-state index contributed by atoms with van der Waals surface area (Å²) in [6.45, 7) is 4.31. The molecule has 0 atom stereocenters. The van der Waals surface area contributed by atoms with E-state index in [2.05, 4.69) is 4.90 Å². The zero-order chi connectivity index (χ0) is 14.4. The van der Waals surface area contributed by atoms with Crippen LogP contribution in [0.2, 0.25) is 0 Å². The molecule has 0 spiro atoms. The highest BCUT2D eigenvalue weighted by molar-refractivity contribution is 5.66. The van der Waals surface area contributed by atoms with Crippen LogP contribution in [0.1, 0.15) is 31.2 Å². The average Bonchev–Trinajstić information content (AvgIpc) is 3.22. The Bertz CT molecular complexity index is 443. The van der Waals surface area contributed by atoms with Crippen molar-refractivity contribution < 1.29 is 14.6 Å². The maximum atomic E-state index is 10.6. The Hall–Kier alpha value is -1.55. The summed E-state index contributed by atoms with van der Waals surface area (Å²) in [6, 6.07) is 8.65. The van der Waals surface area contributed by atoms with Gasteiger partial charge in [0.1, 0.15) is 5.75 Å². The fraction of sp³-hybridized carbons (Fsp3) is 0.562. The van der Waals surface area contributed by atoms with Gasteiger partial charge in [0.15, 0.2) is 0 Å². The lowest BCUT2D eigenvalue weighted by molar-refractivity contribution is -0.137. The topological polar surface area (TPSA) is 49.8 Å². The monoisotopic (exact) mass is 277 g/mol. The Morgan fingerprint density at radius 3 is 2.85 bits per heavy atom. The van der Waals surface area contributed by atoms with Crippen LogP contribution < -0.4 is 4.74 Å². The second kappa shape index (κ2) is 7.29. The summed E-state index contributed by atoms with van der Waals surface area (Å²) < 4.78 is 5.72. The number of ether oxygens (including phenoxy) is 1. The van der Waals surface area contributed by atoms with Crippen LogP contribution in [0.4, 0.5) is 0 Å². The van der Waals surface area contributed by atoms with Crippen LogP contribution in [-0.2, 0) is 4.79 Å². The summed E-state index contributed by atoms with van der Waals surface area (Å²) in [5.74, 6) is 0.195. The van der Waals surface area contributed by atoms with E-state index in [1.165, 1.54) is 18.4 Å². The second-order valence-electron chi connectivity index (χ2n) is 5.43. The van der Waals surface area contributed by atoms with Crippen LogP contribution in [-0.4, -0.2) is 41.7 Å². The standard InChI is InChI=1S/C16H23NO3/c1-13-4-2-5-15(12-13)20-11-3-9-17(14-6-7-14)10-8-16(18)19/h2,4-5,12,14H,3,6-11H2,1H3,(H,18,19). The van der Waals surface area contributed by atoms with E-state index >= 15 is 0 Å². The molecule has 0 radical (unpaired) electrons. The molecule has 1 aromatic rings. The van der Waals surface area contributed by atoms with Crippen LogP contribution in [0.3, 0.4) is 0 Å². The molecule has 110 valence electrons. The Morgan fingerprint density at radius 1 is 1.40 bits per heavy atom. The van der Waals surface area contributed by atoms with E-state index in [1.807, 2.05) is 31.2 Å². The van der Waals surface area contributed by atoms with Crippen molar-refractivity contribution in [1.29, 1.82) is 0 Å². The number of aliphatic carboxylic acids is 1. The van der Waals surface area contributed by atoms with Crippen molar-refractivity contribution in [2.24, 2.45) is 0 Å². The number of carboxylic acid groups (broad SMARTS) is 1. The molecule has 0 aliphatic heterocycles. The Labute approximate surface area is 120 Å². The van der Waals surface area contributed by atoms with E-state index in [9.17, 15) is 4.79 Å². The van der Waals surface area contributed by atoms with Gasteiger partial charge in [-0.1, -0.05) is 12.1 Å². The number of carboxylic acids is 1. The summed E-state index contributed by atoms with van der Waals surface area (Å²) in [5, 5.41) is 8.76. The average molecular weight is 277 g/mol. The quantitative estimate of drug-likeness (QED) is 0.705. The van der Waals surface area contributed by atoms with Gasteiger partial charge < -0.3 is 9.84 Å². The van der Waals surface area contributed by atoms with Gasteiger partial charge in [0.2, 0.25) is 0 Å². The summed E-state index contributed by atoms with van der Waals surface area (Å²) in [6.07, 6.45) is 3.58. The Balaban J connectivity index is 1.66. The highest BCUT2D eigenvalue weighted by atomic mass is 16.5. The number of benzene rings is 1. The first-order valence-corrected chi connectivity index (χ1v) is 7.30. The summed E-state index contributed by atoms with van der Waals surface area (Å²) >= 11 is 0. The third-order valence-electron chi connectivity index (χ3n) is 3.52. The smallest absolute Gasteiger partial charge is 0.304 e. The van der Waals surface area contributed by atoms with Gasteiger partial charge in [-0.2, -0.15) is 0 Å². The first-order chi connectivity index (χ1) is 9.65. The van der Waals surface area contributed by atoms with E-state index in [0.29, 0.717) is 19.2 Å². The molecule has 20 heavy (non-hydrogen) atoms. The van der Waals surface area contributed by atoms with E-state index in [-0.39, 0.29) is 6.42 Å². The van der Waals surface area contributed by atoms with Crippen molar-refractivity contribution in [2.75, 3.05) is 19.7 Å². The number of nitrogens with zero attached hydrogens (tertiary/aromatic N) is 1. The van der Waals surface area contributed by atoms with E-state index in [4.69, 9.17) is 9.84 Å². The highest BCUT2D eigenvalue weighted by Crippen LogP contribution is 2.27. The molecule has 0 heterocycles. The van der Waals surface area contributed by atoms with Crippen LogP contribution in [0.15, 0.2) is 24.3 Å². The molecule has 1 aliphatic rings. The molecule has 4 heteroatoms. The van der Waals surface area contributed by atoms with Gasteiger partial charge in [0, 0.05) is 19.1 Å². The minimum atomic E-state index is -0.716. The van der Waals surface area contributed by atoms with E-state index in [1.54, 1.807) is 0 Å². The molecule has 0 saturated heterocycles. The molecule has 0 unspecified atom stereocenters. The zero-order valence-corrected chi connectivity index (χ0v) is 12.0. The molecule has 0 aromatic heterocycles. The predicted molar refractivity (Wildman–Crippen MR) is 78.1 cm³/mol. The maximum absolute atomic E-state index is 10.6. The van der Waals surface area contributed by atoms with Crippen LogP contribution in [0.25, 0.3) is 0 Å². The van der Waals surface area contributed by atoms with Crippen molar-refractivity contribution >= 4 is 5.97 Å². The molecule has 1 saturated carbocycles. The largest absolute Gasteiger partial charge is 0.494 e. The van der Waals surface area contributed by atoms with Crippen molar-refractivity contribution in [3.63, 3.8) is 0 Å². The SMILES string of the molecule is Cc1cccc(OCCCN(CCC(=O)O)C2CC2)c1. The van der Waals surface area contributed by atoms with Gasteiger partial charge in [0.25, 0.3) is 0 Å². The van der Waals surface area contributed by atoms with Gasteiger partial charge >= 0.3 is 5.97 Å². The third-order valence-corrected chi connectivity index (χ3v) is 3.52. The number of hydrogen-bond donors (Lipinski definition) is 1. The van der Waals surface area contributed by atoms with Crippen LogP contribution in [0, 0.1) is 6.92 Å². The molecule has 1 N–H and O–H groups in total. The van der Waals surface area contributed by atoms with Crippen LogP contribution >= 0.6 is 0 Å². The Morgan fingerprint density at radius 2 is 2.20 bits per heavy atom. The number of aryl methyl sites for hydroxylation is 1. The molecule has 1 fully saturated rings. The van der Waals surface area contributed by atoms with Gasteiger partial charge in [-0.3, -0.25) is 9.69 Å². The normalized spacial score (nSPS) is 14.5. The predicted octanol–water partition coefficient (Wildman–Crippen LogP) is 2.70. The summed E-state index contributed by atoms with van der Waals surface area (Å²) in [4.78, 5) is 12.9. The molecule has 4 nitrogen and oxygen atoms in total.